The standard InChI is InChI=1S/C19H18BrO5P/c1-3-24-18(21)19(15-12-8-5-9-13-15)17(20)16(26(22,23-2)25-19)14-10-6-4-7-11-14/h4-13H,3H2,1-2H3. The van der Waals surface area contributed by atoms with E-state index in [1.54, 1.807) is 43.3 Å². The van der Waals surface area contributed by atoms with Gasteiger partial charge in [0.1, 0.15) is 0 Å². The number of esters is 1. The molecule has 0 amide bonds. The number of halogens is 1. The summed E-state index contributed by atoms with van der Waals surface area (Å²) in [5.41, 5.74) is -0.534. The van der Waals surface area contributed by atoms with Crippen LogP contribution in [0.25, 0.3) is 5.31 Å². The van der Waals surface area contributed by atoms with Gasteiger partial charge in [0.2, 0.25) is 5.60 Å². The molecule has 1 heterocycles. The Balaban J connectivity index is 2.31. The molecule has 7 heteroatoms. The second kappa shape index (κ2) is 7.49. The predicted molar refractivity (Wildman–Crippen MR) is 103 cm³/mol. The summed E-state index contributed by atoms with van der Waals surface area (Å²) in [5.74, 6) is -0.652. The van der Waals surface area contributed by atoms with Gasteiger partial charge < -0.3 is 9.26 Å². The third-order valence-corrected chi connectivity index (χ3v) is 7.36. The fourth-order valence-electron chi connectivity index (χ4n) is 2.89. The van der Waals surface area contributed by atoms with E-state index in [1.807, 2.05) is 24.3 Å². The molecular formula is C19H18BrO5P. The summed E-state index contributed by atoms with van der Waals surface area (Å²) in [4.78, 5) is 13.0. The van der Waals surface area contributed by atoms with Crippen molar-refractivity contribution in [3.05, 3.63) is 76.3 Å². The third-order valence-electron chi connectivity index (χ3n) is 4.08. The lowest BCUT2D eigenvalue weighted by Gasteiger charge is -2.27. The van der Waals surface area contributed by atoms with E-state index in [-0.39, 0.29) is 6.61 Å². The van der Waals surface area contributed by atoms with Gasteiger partial charge in [-0.2, -0.15) is 0 Å². The Bertz CT molecular complexity index is 881. The average molecular weight is 437 g/mol. The summed E-state index contributed by atoms with van der Waals surface area (Å²) in [6.07, 6.45) is 0. The fraction of sp³-hybridized carbons (Fsp3) is 0.211. The van der Waals surface area contributed by atoms with Crippen molar-refractivity contribution in [2.24, 2.45) is 0 Å². The van der Waals surface area contributed by atoms with Gasteiger partial charge in [-0.15, -0.1) is 0 Å². The van der Waals surface area contributed by atoms with E-state index < -0.39 is 19.2 Å². The lowest BCUT2D eigenvalue weighted by atomic mass is 9.92. The lowest BCUT2D eigenvalue weighted by molar-refractivity contribution is -0.158. The summed E-state index contributed by atoms with van der Waals surface area (Å²) in [6, 6.07) is 17.9. The molecular weight excluding hydrogens is 419 g/mol. The van der Waals surface area contributed by atoms with Crippen molar-refractivity contribution in [2.75, 3.05) is 13.7 Å². The highest BCUT2D eigenvalue weighted by molar-refractivity contribution is 9.12. The van der Waals surface area contributed by atoms with Gasteiger partial charge in [0.25, 0.3) is 0 Å². The first-order valence-electron chi connectivity index (χ1n) is 8.05. The quantitative estimate of drug-likeness (QED) is 0.483. The molecule has 2 aromatic rings. The number of hydrogen-bond donors (Lipinski definition) is 0. The molecule has 26 heavy (non-hydrogen) atoms. The molecule has 1 aliphatic rings. The van der Waals surface area contributed by atoms with E-state index in [4.69, 9.17) is 13.8 Å². The number of carbonyl (C=O) groups is 1. The van der Waals surface area contributed by atoms with Gasteiger partial charge in [0.05, 0.1) is 16.4 Å². The molecule has 0 fully saturated rings. The van der Waals surface area contributed by atoms with Crippen LogP contribution in [-0.4, -0.2) is 19.7 Å². The zero-order valence-electron chi connectivity index (χ0n) is 14.3. The minimum Gasteiger partial charge on any atom is -0.463 e. The maximum absolute atomic E-state index is 13.5. The highest BCUT2D eigenvalue weighted by atomic mass is 79.9. The number of ether oxygens (including phenoxy) is 1. The van der Waals surface area contributed by atoms with E-state index in [2.05, 4.69) is 15.9 Å². The maximum Gasteiger partial charge on any atom is 0.364 e. The van der Waals surface area contributed by atoms with Gasteiger partial charge in [0, 0.05) is 12.7 Å². The Kier molecular flexibility index (Phi) is 5.49. The van der Waals surface area contributed by atoms with Crippen LogP contribution in [0.5, 0.6) is 0 Å². The molecule has 0 spiro atoms. The summed E-state index contributed by atoms with van der Waals surface area (Å²) < 4.78 is 30.3. The van der Waals surface area contributed by atoms with Crippen LogP contribution in [0, 0.1) is 0 Å². The molecule has 0 aliphatic carbocycles. The Labute approximate surface area is 160 Å². The lowest BCUT2D eigenvalue weighted by Crippen LogP contribution is -2.37. The van der Waals surface area contributed by atoms with Crippen molar-refractivity contribution in [3.8, 4) is 0 Å². The second-order valence-corrected chi connectivity index (χ2v) is 8.35. The molecule has 1 aliphatic heterocycles. The molecule has 0 aromatic heterocycles. The first kappa shape index (κ1) is 19.1. The van der Waals surface area contributed by atoms with E-state index in [0.717, 1.165) is 0 Å². The molecule has 2 atom stereocenters. The molecule has 2 unspecified atom stereocenters. The van der Waals surface area contributed by atoms with Crippen LogP contribution in [-0.2, 0) is 28.7 Å². The predicted octanol–water partition coefficient (Wildman–Crippen LogP) is 5.08. The van der Waals surface area contributed by atoms with Crippen molar-refractivity contribution in [2.45, 2.75) is 12.5 Å². The second-order valence-electron chi connectivity index (χ2n) is 5.57. The first-order chi connectivity index (χ1) is 12.5. The summed E-state index contributed by atoms with van der Waals surface area (Å²) >= 11 is 3.49. The summed E-state index contributed by atoms with van der Waals surface area (Å²) in [6.45, 7) is 1.87. The molecule has 0 saturated heterocycles. The van der Waals surface area contributed by atoms with Gasteiger partial charge in [-0.05, 0) is 12.5 Å². The van der Waals surface area contributed by atoms with Gasteiger partial charge in [-0.25, -0.2) is 4.79 Å². The summed E-state index contributed by atoms with van der Waals surface area (Å²) in [7, 11) is -2.47. The smallest absolute Gasteiger partial charge is 0.364 e. The van der Waals surface area contributed by atoms with Crippen molar-refractivity contribution in [3.63, 3.8) is 0 Å². The van der Waals surface area contributed by atoms with Crippen LogP contribution >= 0.6 is 23.5 Å². The highest BCUT2D eigenvalue weighted by Gasteiger charge is 2.60. The normalized spacial score (nSPS) is 25.3. The van der Waals surface area contributed by atoms with Gasteiger partial charge >= 0.3 is 13.6 Å². The van der Waals surface area contributed by atoms with Crippen LogP contribution in [0.2, 0.25) is 0 Å². The van der Waals surface area contributed by atoms with Crippen LogP contribution in [0.4, 0.5) is 0 Å². The average Bonchev–Trinajstić information content (AvgIpc) is 2.92. The van der Waals surface area contributed by atoms with Crippen molar-refractivity contribution < 1.29 is 23.1 Å². The molecule has 0 bridgehead atoms. The SMILES string of the molecule is CCOC(=O)C1(c2ccccc2)OP(=O)(OC)C(c2ccccc2)=C1Br. The van der Waals surface area contributed by atoms with Crippen LogP contribution in [0.15, 0.2) is 65.1 Å². The van der Waals surface area contributed by atoms with E-state index in [0.29, 0.717) is 20.9 Å². The van der Waals surface area contributed by atoms with Crippen LogP contribution < -0.4 is 0 Å². The Morgan fingerprint density at radius 2 is 1.69 bits per heavy atom. The molecule has 2 aromatic carbocycles. The highest BCUT2D eigenvalue weighted by Crippen LogP contribution is 2.73. The van der Waals surface area contributed by atoms with E-state index in [9.17, 15) is 9.36 Å². The topological polar surface area (TPSA) is 61.8 Å². The van der Waals surface area contributed by atoms with Crippen LogP contribution in [0.1, 0.15) is 18.1 Å². The van der Waals surface area contributed by atoms with E-state index >= 15 is 0 Å². The molecule has 3 rings (SSSR count). The molecule has 5 nitrogen and oxygen atoms in total. The van der Waals surface area contributed by atoms with Gasteiger partial charge in [0.15, 0.2) is 0 Å². The summed E-state index contributed by atoms with van der Waals surface area (Å²) in [5, 5.41) is 0.317. The number of rotatable bonds is 5. The molecule has 0 N–H and O–H groups in total. The molecule has 0 saturated carbocycles. The Morgan fingerprint density at radius 3 is 2.23 bits per heavy atom. The van der Waals surface area contributed by atoms with Gasteiger partial charge in [-0.3, -0.25) is 9.09 Å². The van der Waals surface area contributed by atoms with E-state index in [1.165, 1.54) is 7.11 Å². The number of carbonyl (C=O) groups excluding carboxylic acids is 1. The Morgan fingerprint density at radius 1 is 1.12 bits per heavy atom. The van der Waals surface area contributed by atoms with Crippen molar-refractivity contribution >= 4 is 34.8 Å². The van der Waals surface area contributed by atoms with Gasteiger partial charge in [-0.1, -0.05) is 76.6 Å². The largest absolute Gasteiger partial charge is 0.463 e. The number of hydrogen-bond acceptors (Lipinski definition) is 5. The van der Waals surface area contributed by atoms with Crippen molar-refractivity contribution in [1.29, 1.82) is 0 Å². The third kappa shape index (κ3) is 2.97. The Hall–Kier alpha value is -1.72. The zero-order valence-corrected chi connectivity index (χ0v) is 16.8. The van der Waals surface area contributed by atoms with Crippen LogP contribution in [0.3, 0.4) is 0 Å². The number of benzene rings is 2. The first-order valence-corrected chi connectivity index (χ1v) is 10.4. The van der Waals surface area contributed by atoms with Crippen molar-refractivity contribution in [1.82, 2.24) is 0 Å². The zero-order chi connectivity index (χ0) is 18.8. The minimum absolute atomic E-state index is 0.162. The molecule has 0 radical (unpaired) electrons. The maximum atomic E-state index is 13.5. The molecule has 136 valence electrons. The fourth-order valence-corrected chi connectivity index (χ4v) is 6.21. The minimum atomic E-state index is -3.77. The monoisotopic (exact) mass is 436 g/mol.